The fourth-order valence-corrected chi connectivity index (χ4v) is 5.48. The van der Waals surface area contributed by atoms with Crippen molar-refractivity contribution in [3.8, 4) is 11.1 Å². The van der Waals surface area contributed by atoms with E-state index in [1.54, 1.807) is 24.3 Å². The maximum Gasteiger partial charge on any atom is 0.416 e. The minimum Gasteiger partial charge on any atom is -0.466 e. The largest absolute Gasteiger partial charge is 0.466 e. The Balaban J connectivity index is 1.63. The van der Waals surface area contributed by atoms with E-state index in [4.69, 9.17) is 4.74 Å². The van der Waals surface area contributed by atoms with Crippen LogP contribution in [0.25, 0.3) is 11.1 Å². The van der Waals surface area contributed by atoms with E-state index in [0.29, 0.717) is 31.7 Å². The molecule has 1 atom stereocenters. The van der Waals surface area contributed by atoms with Gasteiger partial charge in [-0.05, 0) is 90.1 Å². The summed E-state index contributed by atoms with van der Waals surface area (Å²) in [5, 5.41) is 0. The van der Waals surface area contributed by atoms with E-state index in [9.17, 15) is 22.4 Å². The van der Waals surface area contributed by atoms with Crippen LogP contribution >= 0.6 is 0 Å². The van der Waals surface area contributed by atoms with Crippen LogP contribution < -0.4 is 4.90 Å². The van der Waals surface area contributed by atoms with Crippen molar-refractivity contribution >= 4 is 11.7 Å². The van der Waals surface area contributed by atoms with Crippen molar-refractivity contribution in [3.05, 3.63) is 89.0 Å². The van der Waals surface area contributed by atoms with Crippen LogP contribution in [-0.2, 0) is 22.4 Å². The fourth-order valence-electron chi connectivity index (χ4n) is 5.48. The zero-order valence-electron chi connectivity index (χ0n) is 23.3. The second-order valence-corrected chi connectivity index (χ2v) is 11.0. The molecule has 3 aromatic carbocycles. The van der Waals surface area contributed by atoms with Crippen LogP contribution in [0.2, 0.25) is 0 Å². The quantitative estimate of drug-likeness (QED) is 0.195. The number of carbonyl (C=O) groups is 1. The molecule has 0 aromatic heterocycles. The Hall–Kier alpha value is -3.35. The number of nitrogens with zero attached hydrogens (tertiary/aromatic N) is 1. The maximum absolute atomic E-state index is 13.1. The number of piperidine rings is 1. The SMILES string of the molecule is CCOC(=O)C(CC(C)C)c1cc(-c2ccc(CF)cc2)cc(C2CCN(c3ccc(C(F)(F)F)cc3)CC2)c1. The van der Waals surface area contributed by atoms with Gasteiger partial charge in [-0.1, -0.05) is 56.3 Å². The molecule has 40 heavy (non-hydrogen) atoms. The molecule has 0 aliphatic carbocycles. The van der Waals surface area contributed by atoms with Crippen molar-refractivity contribution in [2.75, 3.05) is 24.6 Å². The third-order valence-electron chi connectivity index (χ3n) is 7.63. The molecule has 0 spiro atoms. The highest BCUT2D eigenvalue weighted by molar-refractivity contribution is 5.79. The molecule has 3 nitrogen and oxygen atoms in total. The Morgan fingerprint density at radius 2 is 1.60 bits per heavy atom. The molecule has 1 heterocycles. The normalized spacial score (nSPS) is 15.3. The van der Waals surface area contributed by atoms with E-state index in [1.807, 2.05) is 19.1 Å². The second kappa shape index (κ2) is 12.9. The summed E-state index contributed by atoms with van der Waals surface area (Å²) >= 11 is 0. The summed E-state index contributed by atoms with van der Waals surface area (Å²) in [4.78, 5) is 15.2. The van der Waals surface area contributed by atoms with Crippen molar-refractivity contribution in [2.45, 2.75) is 64.7 Å². The maximum atomic E-state index is 13.1. The number of benzene rings is 3. The lowest BCUT2D eigenvalue weighted by Gasteiger charge is -2.34. The summed E-state index contributed by atoms with van der Waals surface area (Å²) in [6.45, 7) is 7.20. The van der Waals surface area contributed by atoms with Gasteiger partial charge in [-0.25, -0.2) is 4.39 Å². The van der Waals surface area contributed by atoms with E-state index in [-0.39, 0.29) is 17.8 Å². The van der Waals surface area contributed by atoms with Crippen molar-refractivity contribution in [2.24, 2.45) is 5.92 Å². The number of carbonyl (C=O) groups excluding carboxylic acids is 1. The van der Waals surface area contributed by atoms with Crippen LogP contribution in [0.3, 0.4) is 0 Å². The Kier molecular flexibility index (Phi) is 9.54. The van der Waals surface area contributed by atoms with Crippen LogP contribution in [0.4, 0.5) is 23.2 Å². The van der Waals surface area contributed by atoms with E-state index < -0.39 is 24.3 Å². The Labute approximate surface area is 234 Å². The van der Waals surface area contributed by atoms with Gasteiger partial charge in [0.2, 0.25) is 0 Å². The molecule has 1 aliphatic rings. The number of hydrogen-bond acceptors (Lipinski definition) is 3. The molecule has 0 N–H and O–H groups in total. The minimum atomic E-state index is -4.35. The minimum absolute atomic E-state index is 0.232. The average molecular weight is 556 g/mol. The number of hydrogen-bond donors (Lipinski definition) is 0. The van der Waals surface area contributed by atoms with Crippen molar-refractivity contribution in [1.29, 1.82) is 0 Å². The van der Waals surface area contributed by atoms with Crippen molar-refractivity contribution in [1.82, 2.24) is 0 Å². The van der Waals surface area contributed by atoms with Gasteiger partial charge in [0.25, 0.3) is 0 Å². The number of halogens is 4. The van der Waals surface area contributed by atoms with Crippen molar-refractivity contribution in [3.63, 3.8) is 0 Å². The molecular formula is C33H37F4NO2. The Bertz CT molecular complexity index is 1260. The molecule has 1 fully saturated rings. The van der Waals surface area contributed by atoms with Crippen LogP contribution in [0, 0.1) is 5.92 Å². The number of rotatable bonds is 9. The predicted molar refractivity (Wildman–Crippen MR) is 151 cm³/mol. The molecule has 1 saturated heterocycles. The van der Waals surface area contributed by atoms with Gasteiger partial charge >= 0.3 is 12.1 Å². The number of anilines is 1. The van der Waals surface area contributed by atoms with Gasteiger partial charge in [0, 0.05) is 18.8 Å². The molecule has 214 valence electrons. The van der Waals surface area contributed by atoms with Crippen LogP contribution in [0.5, 0.6) is 0 Å². The Morgan fingerprint density at radius 3 is 2.15 bits per heavy atom. The monoisotopic (exact) mass is 555 g/mol. The fraction of sp³-hybridized carbons (Fsp3) is 0.424. The highest BCUT2D eigenvalue weighted by Crippen LogP contribution is 2.38. The zero-order valence-corrected chi connectivity index (χ0v) is 23.3. The Morgan fingerprint density at radius 1 is 0.950 bits per heavy atom. The van der Waals surface area contributed by atoms with Crippen LogP contribution in [-0.4, -0.2) is 25.7 Å². The van der Waals surface area contributed by atoms with E-state index in [2.05, 4.69) is 36.9 Å². The number of esters is 1. The molecule has 3 aromatic rings. The molecule has 7 heteroatoms. The lowest BCUT2D eigenvalue weighted by atomic mass is 9.82. The van der Waals surface area contributed by atoms with Crippen LogP contribution in [0.15, 0.2) is 66.7 Å². The first-order valence-electron chi connectivity index (χ1n) is 14.0. The topological polar surface area (TPSA) is 29.5 Å². The lowest BCUT2D eigenvalue weighted by Crippen LogP contribution is -2.33. The van der Waals surface area contributed by atoms with E-state index in [1.165, 1.54) is 0 Å². The molecule has 0 bridgehead atoms. The third-order valence-corrected chi connectivity index (χ3v) is 7.63. The number of alkyl halides is 4. The first-order valence-corrected chi connectivity index (χ1v) is 14.0. The molecular weight excluding hydrogens is 518 g/mol. The summed E-state index contributed by atoms with van der Waals surface area (Å²) in [5.74, 6) is -0.103. The smallest absolute Gasteiger partial charge is 0.416 e. The summed E-state index contributed by atoms with van der Waals surface area (Å²) < 4.78 is 57.6. The molecule has 0 saturated carbocycles. The number of ether oxygens (including phenoxy) is 1. The molecule has 0 amide bonds. The summed E-state index contributed by atoms with van der Waals surface area (Å²) in [7, 11) is 0. The standard InChI is InChI=1S/C33H37F4NO2/c1-4-40-32(39)31(17-22(2)3)28-19-26(24-7-5-23(21-34)6-8-24)18-27(20-28)25-13-15-38(16-14-25)30-11-9-29(10-12-30)33(35,36)37/h5-12,18-20,22,25,31H,4,13-17,21H2,1-3H3. The van der Waals surface area contributed by atoms with Gasteiger partial charge < -0.3 is 9.64 Å². The third kappa shape index (κ3) is 7.23. The van der Waals surface area contributed by atoms with Gasteiger partial charge in [-0.2, -0.15) is 13.2 Å². The van der Waals surface area contributed by atoms with E-state index in [0.717, 1.165) is 52.9 Å². The zero-order chi connectivity index (χ0) is 28.9. The first kappa shape index (κ1) is 29.6. The molecule has 1 unspecified atom stereocenters. The first-order chi connectivity index (χ1) is 19.1. The second-order valence-electron chi connectivity index (χ2n) is 11.0. The van der Waals surface area contributed by atoms with E-state index >= 15 is 0 Å². The summed E-state index contributed by atoms with van der Waals surface area (Å²) in [6.07, 6.45) is -2.02. The summed E-state index contributed by atoms with van der Waals surface area (Å²) in [5.41, 5.74) is 4.73. The van der Waals surface area contributed by atoms with Gasteiger partial charge in [0.05, 0.1) is 18.1 Å². The molecule has 4 rings (SSSR count). The average Bonchev–Trinajstić information content (AvgIpc) is 2.95. The predicted octanol–water partition coefficient (Wildman–Crippen LogP) is 8.92. The van der Waals surface area contributed by atoms with Crippen molar-refractivity contribution < 1.29 is 27.1 Å². The molecule has 0 radical (unpaired) electrons. The van der Waals surface area contributed by atoms with Gasteiger partial charge in [-0.15, -0.1) is 0 Å². The van der Waals surface area contributed by atoms with Gasteiger partial charge in [-0.3, -0.25) is 4.79 Å². The molecule has 1 aliphatic heterocycles. The summed E-state index contributed by atoms with van der Waals surface area (Å²) in [6, 6.07) is 19.1. The van der Waals surface area contributed by atoms with Gasteiger partial charge in [0.1, 0.15) is 6.67 Å². The highest BCUT2D eigenvalue weighted by Gasteiger charge is 2.31. The van der Waals surface area contributed by atoms with Crippen LogP contribution in [0.1, 0.15) is 74.1 Å². The van der Waals surface area contributed by atoms with Gasteiger partial charge in [0.15, 0.2) is 0 Å². The highest BCUT2D eigenvalue weighted by atomic mass is 19.4. The lowest BCUT2D eigenvalue weighted by molar-refractivity contribution is -0.145.